The van der Waals surface area contributed by atoms with Crippen molar-refractivity contribution in [3.05, 3.63) is 77.7 Å². The topological polar surface area (TPSA) is 62.3 Å². The maximum Gasteiger partial charge on any atom is 0.254 e. The molecule has 0 bridgehead atoms. The molecule has 2 atom stereocenters. The first kappa shape index (κ1) is 18.7. The van der Waals surface area contributed by atoms with Crippen molar-refractivity contribution in [1.82, 2.24) is 15.2 Å². The van der Waals surface area contributed by atoms with Gasteiger partial charge in [-0.3, -0.25) is 14.6 Å². The van der Waals surface area contributed by atoms with Crippen LogP contribution >= 0.6 is 0 Å². The van der Waals surface area contributed by atoms with Crippen LogP contribution in [0, 0.1) is 5.82 Å². The Morgan fingerprint density at radius 2 is 2.03 bits per heavy atom. The van der Waals surface area contributed by atoms with E-state index in [1.807, 2.05) is 36.4 Å². The zero-order valence-corrected chi connectivity index (χ0v) is 16.5. The quantitative estimate of drug-likeness (QED) is 0.711. The van der Waals surface area contributed by atoms with Crippen LogP contribution in [0.2, 0.25) is 0 Å². The predicted molar refractivity (Wildman–Crippen MR) is 112 cm³/mol. The Hall–Kier alpha value is -3.28. The summed E-state index contributed by atoms with van der Waals surface area (Å²) in [5.74, 6) is -0.567. The highest BCUT2D eigenvalue weighted by molar-refractivity contribution is 6.06. The SMILES string of the molecule is O=C1CCC[C@]2(CN(C(=O)c3cccc4ncccc34)C[C@H]2c2cccc(F)c2)N1. The third kappa shape index (κ3) is 3.12. The van der Waals surface area contributed by atoms with Crippen LogP contribution in [0.1, 0.15) is 41.1 Å². The standard InChI is InChI=1S/C24H22FN3O2/c25-17-6-1-5-16(13-17)20-14-28(15-24(20)11-3-10-22(29)27-24)23(30)19-7-2-9-21-18(19)8-4-12-26-21/h1-2,4-9,12-13,20H,3,10-11,14-15H2,(H,27,29)/t20-,24+/m0/s1. The lowest BCUT2D eigenvalue weighted by Gasteiger charge is -2.39. The number of carbonyl (C=O) groups is 2. The molecule has 2 aliphatic rings. The van der Waals surface area contributed by atoms with E-state index >= 15 is 0 Å². The zero-order chi connectivity index (χ0) is 20.7. The summed E-state index contributed by atoms with van der Waals surface area (Å²) < 4.78 is 14.0. The third-order valence-electron chi connectivity index (χ3n) is 6.37. The van der Waals surface area contributed by atoms with Crippen LogP contribution in [0.4, 0.5) is 4.39 Å². The summed E-state index contributed by atoms with van der Waals surface area (Å²) >= 11 is 0. The Morgan fingerprint density at radius 3 is 2.87 bits per heavy atom. The fraction of sp³-hybridized carbons (Fsp3) is 0.292. The zero-order valence-electron chi connectivity index (χ0n) is 16.5. The van der Waals surface area contributed by atoms with Crippen LogP contribution in [-0.4, -0.2) is 40.3 Å². The second-order valence-corrected chi connectivity index (χ2v) is 8.23. The number of likely N-dealkylation sites (tertiary alicyclic amines) is 1. The fourth-order valence-electron chi connectivity index (χ4n) is 5.02. The summed E-state index contributed by atoms with van der Waals surface area (Å²) in [7, 11) is 0. The summed E-state index contributed by atoms with van der Waals surface area (Å²) in [6.45, 7) is 0.842. The number of aromatic nitrogens is 1. The van der Waals surface area contributed by atoms with Crippen LogP contribution in [0.5, 0.6) is 0 Å². The van der Waals surface area contributed by atoms with Gasteiger partial charge in [-0.05, 0) is 48.7 Å². The van der Waals surface area contributed by atoms with Gasteiger partial charge >= 0.3 is 0 Å². The van der Waals surface area contributed by atoms with E-state index in [9.17, 15) is 14.0 Å². The Labute approximate surface area is 173 Å². The number of amides is 2. The van der Waals surface area contributed by atoms with E-state index in [4.69, 9.17) is 0 Å². The lowest BCUT2D eigenvalue weighted by atomic mass is 9.76. The first-order valence-corrected chi connectivity index (χ1v) is 10.3. The van der Waals surface area contributed by atoms with Crippen molar-refractivity contribution in [1.29, 1.82) is 0 Å². The smallest absolute Gasteiger partial charge is 0.254 e. The number of pyridine rings is 1. The number of piperidine rings is 1. The van der Waals surface area contributed by atoms with Gasteiger partial charge in [0.05, 0.1) is 11.1 Å². The maximum atomic E-state index is 14.0. The van der Waals surface area contributed by atoms with Crippen LogP contribution in [0.15, 0.2) is 60.8 Å². The number of halogens is 1. The van der Waals surface area contributed by atoms with E-state index in [-0.39, 0.29) is 23.5 Å². The molecule has 152 valence electrons. The molecule has 30 heavy (non-hydrogen) atoms. The monoisotopic (exact) mass is 403 g/mol. The Bertz CT molecular complexity index is 1140. The van der Waals surface area contributed by atoms with Gasteiger partial charge in [0.15, 0.2) is 0 Å². The second-order valence-electron chi connectivity index (χ2n) is 8.23. The summed E-state index contributed by atoms with van der Waals surface area (Å²) in [5, 5.41) is 3.97. The molecule has 2 aliphatic heterocycles. The van der Waals surface area contributed by atoms with Gasteiger partial charge in [-0.25, -0.2) is 4.39 Å². The summed E-state index contributed by atoms with van der Waals surface area (Å²) in [6.07, 6.45) is 3.72. The minimum Gasteiger partial charge on any atom is -0.348 e. The molecule has 2 fully saturated rings. The number of carbonyl (C=O) groups excluding carboxylic acids is 2. The van der Waals surface area contributed by atoms with Crippen molar-refractivity contribution < 1.29 is 14.0 Å². The van der Waals surface area contributed by atoms with Crippen molar-refractivity contribution in [2.24, 2.45) is 0 Å². The van der Waals surface area contributed by atoms with Crippen molar-refractivity contribution in [2.75, 3.05) is 13.1 Å². The molecule has 2 aromatic carbocycles. The van der Waals surface area contributed by atoms with Gasteiger partial charge in [0.2, 0.25) is 5.91 Å². The van der Waals surface area contributed by atoms with Crippen LogP contribution in [0.25, 0.3) is 10.9 Å². The molecule has 5 rings (SSSR count). The van der Waals surface area contributed by atoms with Gasteiger partial charge in [-0.1, -0.05) is 24.3 Å². The number of hydrogen-bond acceptors (Lipinski definition) is 3. The number of fused-ring (bicyclic) bond motifs is 1. The Morgan fingerprint density at radius 1 is 1.17 bits per heavy atom. The van der Waals surface area contributed by atoms with Gasteiger partial charge in [0.25, 0.3) is 5.91 Å². The number of rotatable bonds is 2. The molecule has 2 amide bonds. The normalized spacial score (nSPS) is 23.7. The molecule has 0 radical (unpaired) electrons. The third-order valence-corrected chi connectivity index (χ3v) is 6.37. The molecule has 1 aromatic heterocycles. The van der Waals surface area contributed by atoms with E-state index in [0.717, 1.165) is 29.3 Å². The predicted octanol–water partition coefficient (Wildman–Crippen LogP) is 3.65. The van der Waals surface area contributed by atoms with Gasteiger partial charge < -0.3 is 10.2 Å². The van der Waals surface area contributed by atoms with Crippen LogP contribution in [-0.2, 0) is 4.79 Å². The summed E-state index contributed by atoms with van der Waals surface area (Å²) in [4.78, 5) is 32.0. The number of hydrogen-bond donors (Lipinski definition) is 1. The van der Waals surface area contributed by atoms with E-state index < -0.39 is 5.54 Å². The molecule has 0 aliphatic carbocycles. The average molecular weight is 403 g/mol. The molecule has 1 N–H and O–H groups in total. The Balaban J connectivity index is 1.54. The van der Waals surface area contributed by atoms with Crippen molar-refractivity contribution >= 4 is 22.7 Å². The summed E-state index contributed by atoms with van der Waals surface area (Å²) in [6, 6.07) is 15.7. The fourth-order valence-corrected chi connectivity index (χ4v) is 5.02. The van der Waals surface area contributed by atoms with Crippen LogP contribution in [0.3, 0.4) is 0 Å². The molecule has 3 aromatic rings. The van der Waals surface area contributed by atoms with Gasteiger partial charge in [-0.15, -0.1) is 0 Å². The molecule has 2 saturated heterocycles. The van der Waals surface area contributed by atoms with Crippen LogP contribution < -0.4 is 5.32 Å². The highest BCUT2D eigenvalue weighted by Crippen LogP contribution is 2.42. The summed E-state index contributed by atoms with van der Waals surface area (Å²) in [5.41, 5.74) is 1.61. The Kier molecular flexibility index (Phi) is 4.50. The maximum absolute atomic E-state index is 14.0. The lowest BCUT2D eigenvalue weighted by Crippen LogP contribution is -2.56. The molecule has 0 saturated carbocycles. The largest absolute Gasteiger partial charge is 0.348 e. The molecule has 1 spiro atoms. The van der Waals surface area contributed by atoms with E-state index in [0.29, 0.717) is 25.1 Å². The number of nitrogens with one attached hydrogen (secondary N) is 1. The highest BCUT2D eigenvalue weighted by Gasteiger charge is 2.50. The van der Waals surface area contributed by atoms with Crippen molar-refractivity contribution in [2.45, 2.75) is 30.7 Å². The number of nitrogens with zero attached hydrogens (tertiary/aromatic N) is 2. The first-order chi connectivity index (χ1) is 14.6. The minimum absolute atomic E-state index is 0.00804. The van der Waals surface area contributed by atoms with Crippen molar-refractivity contribution in [3.8, 4) is 0 Å². The first-order valence-electron chi connectivity index (χ1n) is 10.3. The molecule has 5 nitrogen and oxygen atoms in total. The second kappa shape index (κ2) is 7.20. The number of benzene rings is 2. The van der Waals surface area contributed by atoms with Crippen molar-refractivity contribution in [3.63, 3.8) is 0 Å². The molecule has 3 heterocycles. The van der Waals surface area contributed by atoms with E-state index in [2.05, 4.69) is 10.3 Å². The van der Waals surface area contributed by atoms with Gasteiger partial charge in [0.1, 0.15) is 5.82 Å². The van der Waals surface area contributed by atoms with E-state index in [1.54, 1.807) is 17.2 Å². The van der Waals surface area contributed by atoms with E-state index in [1.165, 1.54) is 12.1 Å². The van der Waals surface area contributed by atoms with Gasteiger partial charge in [-0.2, -0.15) is 0 Å². The molecular formula is C24H22FN3O2. The molecule has 0 unspecified atom stereocenters. The highest BCUT2D eigenvalue weighted by atomic mass is 19.1. The lowest BCUT2D eigenvalue weighted by molar-refractivity contribution is -0.125. The average Bonchev–Trinajstić information content (AvgIpc) is 3.11. The minimum atomic E-state index is -0.568. The molecule has 6 heteroatoms. The molecular weight excluding hydrogens is 381 g/mol. The van der Waals surface area contributed by atoms with Gasteiger partial charge in [0, 0.05) is 42.6 Å².